The van der Waals surface area contributed by atoms with E-state index in [2.05, 4.69) is 16.0 Å². The number of fused-ring (bicyclic) bond motifs is 1. The molecule has 0 aliphatic carbocycles. The van der Waals surface area contributed by atoms with Gasteiger partial charge in [-0.25, -0.2) is 9.37 Å². The molecule has 0 bridgehead atoms. The number of likely N-dealkylation sites (tertiary alicyclic amines) is 1. The largest absolute Gasteiger partial charge is 0.352 e. The first-order chi connectivity index (χ1) is 17.1. The predicted octanol–water partition coefficient (Wildman–Crippen LogP) is 5.11. The molecule has 3 aromatic rings. The molecule has 2 amide bonds. The summed E-state index contributed by atoms with van der Waals surface area (Å²) in [5, 5.41) is 2.80. The fraction of sp³-hybridized carbons (Fsp3) is 0.464. The zero-order valence-corrected chi connectivity index (χ0v) is 20.3. The van der Waals surface area contributed by atoms with Gasteiger partial charge >= 0.3 is 0 Å². The summed E-state index contributed by atoms with van der Waals surface area (Å²) in [5.74, 6) is 0.365. The molecular weight excluding hydrogens is 443 g/mol. The Hall–Kier alpha value is -3.22. The molecule has 6 nitrogen and oxygen atoms in total. The van der Waals surface area contributed by atoms with Crippen molar-refractivity contribution in [1.29, 1.82) is 0 Å². The SMILES string of the molecule is O=C(NCCCCCc1nc2ccccc2n1CCC(=O)N1CCCCCC1)c1ccccc1F. The highest BCUT2D eigenvalue weighted by Crippen LogP contribution is 2.19. The number of para-hydroxylation sites is 2. The van der Waals surface area contributed by atoms with E-state index in [-0.39, 0.29) is 17.4 Å². The molecule has 0 radical (unpaired) electrons. The summed E-state index contributed by atoms with van der Waals surface area (Å²) in [5.41, 5.74) is 2.11. The van der Waals surface area contributed by atoms with Crippen LogP contribution in [0.15, 0.2) is 48.5 Å². The van der Waals surface area contributed by atoms with E-state index < -0.39 is 5.82 Å². The van der Waals surface area contributed by atoms with Gasteiger partial charge in [0.05, 0.1) is 16.6 Å². The summed E-state index contributed by atoms with van der Waals surface area (Å²) >= 11 is 0. The number of hydrogen-bond donors (Lipinski definition) is 1. The van der Waals surface area contributed by atoms with Crippen molar-refractivity contribution in [2.75, 3.05) is 19.6 Å². The van der Waals surface area contributed by atoms with Gasteiger partial charge in [0, 0.05) is 39.0 Å². The van der Waals surface area contributed by atoms with Crippen LogP contribution in [0.2, 0.25) is 0 Å². The Morgan fingerprint density at radius 2 is 1.66 bits per heavy atom. The second kappa shape index (κ2) is 12.5. The third-order valence-electron chi connectivity index (χ3n) is 6.72. The molecular formula is C28H35FN4O2. The third kappa shape index (κ3) is 6.68. The van der Waals surface area contributed by atoms with E-state index in [1.54, 1.807) is 12.1 Å². The lowest BCUT2D eigenvalue weighted by Gasteiger charge is -2.20. The number of nitrogens with one attached hydrogen (secondary N) is 1. The molecule has 1 aliphatic heterocycles. The number of rotatable bonds is 10. The average Bonchev–Trinajstić information content (AvgIpc) is 3.02. The lowest BCUT2D eigenvalue weighted by molar-refractivity contribution is -0.131. The van der Waals surface area contributed by atoms with Crippen molar-refractivity contribution in [2.45, 2.75) is 64.3 Å². The number of carbonyl (C=O) groups is 2. The highest BCUT2D eigenvalue weighted by atomic mass is 19.1. The second-order valence-corrected chi connectivity index (χ2v) is 9.26. The number of imidazole rings is 1. The summed E-state index contributed by atoms with van der Waals surface area (Å²) in [6.07, 6.45) is 8.61. The molecule has 35 heavy (non-hydrogen) atoms. The van der Waals surface area contributed by atoms with Crippen molar-refractivity contribution in [3.05, 3.63) is 65.7 Å². The van der Waals surface area contributed by atoms with Crippen LogP contribution in [0.4, 0.5) is 4.39 Å². The van der Waals surface area contributed by atoms with Crippen molar-refractivity contribution < 1.29 is 14.0 Å². The van der Waals surface area contributed by atoms with Crippen LogP contribution in [-0.2, 0) is 17.8 Å². The van der Waals surface area contributed by atoms with E-state index in [0.717, 1.165) is 68.5 Å². The fourth-order valence-corrected chi connectivity index (χ4v) is 4.78. The maximum Gasteiger partial charge on any atom is 0.254 e. The predicted molar refractivity (Wildman–Crippen MR) is 136 cm³/mol. The highest BCUT2D eigenvalue weighted by molar-refractivity contribution is 5.94. The summed E-state index contributed by atoms with van der Waals surface area (Å²) in [6, 6.07) is 14.1. The van der Waals surface area contributed by atoms with Crippen LogP contribution < -0.4 is 5.32 Å². The Morgan fingerprint density at radius 1 is 0.914 bits per heavy atom. The Morgan fingerprint density at radius 3 is 2.46 bits per heavy atom. The lowest BCUT2D eigenvalue weighted by Crippen LogP contribution is -2.32. The van der Waals surface area contributed by atoms with Crippen LogP contribution in [0.5, 0.6) is 0 Å². The van der Waals surface area contributed by atoms with Gasteiger partial charge in [0.15, 0.2) is 0 Å². The number of unbranched alkanes of at least 4 members (excludes halogenated alkanes) is 2. The second-order valence-electron chi connectivity index (χ2n) is 9.26. The summed E-state index contributed by atoms with van der Waals surface area (Å²) < 4.78 is 15.9. The van der Waals surface area contributed by atoms with Gasteiger partial charge in [0.2, 0.25) is 5.91 Å². The summed E-state index contributed by atoms with van der Waals surface area (Å²) in [4.78, 5) is 31.8. The highest BCUT2D eigenvalue weighted by Gasteiger charge is 2.17. The van der Waals surface area contributed by atoms with E-state index in [1.807, 2.05) is 23.1 Å². The first-order valence-electron chi connectivity index (χ1n) is 12.9. The van der Waals surface area contributed by atoms with E-state index in [9.17, 15) is 14.0 Å². The van der Waals surface area contributed by atoms with Crippen molar-refractivity contribution in [1.82, 2.24) is 19.8 Å². The molecule has 1 aliphatic rings. The van der Waals surface area contributed by atoms with Gasteiger partial charge in [-0.3, -0.25) is 9.59 Å². The van der Waals surface area contributed by atoms with Gasteiger partial charge in [-0.05, 0) is 49.9 Å². The van der Waals surface area contributed by atoms with E-state index in [4.69, 9.17) is 4.98 Å². The number of amides is 2. The van der Waals surface area contributed by atoms with Gasteiger partial charge in [-0.2, -0.15) is 0 Å². The summed E-state index contributed by atoms with van der Waals surface area (Å²) in [6.45, 7) is 2.91. The number of carbonyl (C=O) groups excluding carboxylic acids is 2. The van der Waals surface area contributed by atoms with Crippen molar-refractivity contribution in [2.24, 2.45) is 0 Å². The molecule has 4 rings (SSSR count). The Labute approximate surface area is 206 Å². The van der Waals surface area contributed by atoms with Gasteiger partial charge in [0.1, 0.15) is 11.6 Å². The minimum atomic E-state index is -0.502. The molecule has 2 heterocycles. The van der Waals surface area contributed by atoms with Crippen LogP contribution >= 0.6 is 0 Å². The molecule has 1 fully saturated rings. The van der Waals surface area contributed by atoms with Crippen LogP contribution in [0.3, 0.4) is 0 Å². The molecule has 186 valence electrons. The van der Waals surface area contributed by atoms with E-state index in [0.29, 0.717) is 19.5 Å². The van der Waals surface area contributed by atoms with Crippen molar-refractivity contribution >= 4 is 22.8 Å². The first kappa shape index (κ1) is 24.9. The first-order valence-corrected chi connectivity index (χ1v) is 12.9. The minimum absolute atomic E-state index is 0.0796. The van der Waals surface area contributed by atoms with E-state index in [1.165, 1.54) is 25.0 Å². The molecule has 1 saturated heterocycles. The molecule has 7 heteroatoms. The topological polar surface area (TPSA) is 67.2 Å². The van der Waals surface area contributed by atoms with Crippen molar-refractivity contribution in [3.63, 3.8) is 0 Å². The third-order valence-corrected chi connectivity index (χ3v) is 6.72. The molecule has 2 aromatic carbocycles. The lowest BCUT2D eigenvalue weighted by atomic mass is 10.1. The fourth-order valence-electron chi connectivity index (χ4n) is 4.78. The van der Waals surface area contributed by atoms with Crippen molar-refractivity contribution in [3.8, 4) is 0 Å². The maximum atomic E-state index is 13.7. The zero-order valence-electron chi connectivity index (χ0n) is 20.3. The number of halogens is 1. The monoisotopic (exact) mass is 478 g/mol. The minimum Gasteiger partial charge on any atom is -0.352 e. The standard InChI is InChI=1S/C28H35FN4O2/c29-23-13-6-5-12-22(23)28(35)30-18-9-3-4-16-26-31-24-14-7-8-15-25(24)33(26)21-17-27(34)32-19-10-1-2-11-20-32/h5-8,12-15H,1-4,9-11,16-21H2,(H,30,35). The van der Waals surface area contributed by atoms with Gasteiger partial charge in [0.25, 0.3) is 5.91 Å². The molecule has 1 N–H and O–H groups in total. The zero-order chi connectivity index (χ0) is 24.5. The van der Waals surface area contributed by atoms with E-state index >= 15 is 0 Å². The Bertz CT molecular complexity index is 1130. The van der Waals surface area contributed by atoms with Gasteiger partial charge < -0.3 is 14.8 Å². The number of hydrogen-bond acceptors (Lipinski definition) is 3. The number of aromatic nitrogens is 2. The number of aryl methyl sites for hydroxylation is 2. The summed E-state index contributed by atoms with van der Waals surface area (Å²) in [7, 11) is 0. The van der Waals surface area contributed by atoms with Crippen LogP contribution in [0, 0.1) is 5.82 Å². The Balaban J connectivity index is 1.28. The quantitative estimate of drug-likeness (QED) is 0.412. The maximum absolute atomic E-state index is 13.7. The van der Waals surface area contributed by atoms with Crippen LogP contribution in [-0.4, -0.2) is 45.9 Å². The van der Waals surface area contributed by atoms with Gasteiger partial charge in [-0.15, -0.1) is 0 Å². The smallest absolute Gasteiger partial charge is 0.254 e. The number of nitrogens with zero attached hydrogens (tertiary/aromatic N) is 3. The Kier molecular flexibility index (Phi) is 8.87. The molecule has 1 aromatic heterocycles. The molecule has 0 unspecified atom stereocenters. The molecule has 0 atom stereocenters. The normalized spacial score (nSPS) is 14.1. The number of benzene rings is 2. The average molecular weight is 479 g/mol. The van der Waals surface area contributed by atoms with Crippen LogP contribution in [0.25, 0.3) is 11.0 Å². The van der Waals surface area contributed by atoms with Crippen LogP contribution in [0.1, 0.15) is 67.5 Å². The van der Waals surface area contributed by atoms with Gasteiger partial charge in [-0.1, -0.05) is 43.5 Å². The molecule has 0 saturated carbocycles. The molecule has 0 spiro atoms.